The Morgan fingerprint density at radius 2 is 2.05 bits per heavy atom. The van der Waals surface area contributed by atoms with Crippen molar-refractivity contribution in [3.8, 4) is 0 Å². The fraction of sp³-hybridized carbons (Fsp3) is 0.615. The van der Waals surface area contributed by atoms with E-state index in [0.717, 1.165) is 32.1 Å². The molecule has 2 heterocycles. The van der Waals surface area contributed by atoms with E-state index in [4.69, 9.17) is 5.73 Å². The van der Waals surface area contributed by atoms with Gasteiger partial charge in [0.15, 0.2) is 0 Å². The van der Waals surface area contributed by atoms with Gasteiger partial charge >= 0.3 is 0 Å². The Labute approximate surface area is 113 Å². The van der Waals surface area contributed by atoms with Crippen LogP contribution in [0.2, 0.25) is 0 Å². The van der Waals surface area contributed by atoms with Gasteiger partial charge in [0.2, 0.25) is 10.0 Å². The lowest BCUT2D eigenvalue weighted by atomic mass is 9.94. The van der Waals surface area contributed by atoms with E-state index in [2.05, 4.69) is 4.98 Å². The number of fused-ring (bicyclic) bond motifs is 1. The molecule has 0 aromatic carbocycles. The van der Waals surface area contributed by atoms with E-state index in [9.17, 15) is 8.42 Å². The van der Waals surface area contributed by atoms with E-state index in [1.807, 2.05) is 0 Å². The van der Waals surface area contributed by atoms with Gasteiger partial charge in [-0.3, -0.25) is 0 Å². The monoisotopic (exact) mass is 281 g/mol. The zero-order valence-electron chi connectivity index (χ0n) is 10.8. The molecule has 6 heteroatoms. The van der Waals surface area contributed by atoms with Gasteiger partial charge < -0.3 is 5.73 Å². The highest BCUT2D eigenvalue weighted by Gasteiger charge is 2.41. The molecule has 3 rings (SSSR count). The molecule has 2 aliphatic rings. The number of nitrogens with zero attached hydrogens (tertiary/aromatic N) is 2. The Morgan fingerprint density at radius 1 is 1.26 bits per heavy atom. The number of piperidine rings is 1. The Hall–Kier alpha value is -1.14. The molecule has 1 saturated carbocycles. The molecule has 0 spiro atoms. The second-order valence-electron chi connectivity index (χ2n) is 5.40. The van der Waals surface area contributed by atoms with Crippen LogP contribution in [0.25, 0.3) is 0 Å². The zero-order valence-corrected chi connectivity index (χ0v) is 11.6. The molecule has 1 aliphatic heterocycles. The van der Waals surface area contributed by atoms with Crippen molar-refractivity contribution in [2.24, 2.45) is 5.92 Å². The zero-order chi connectivity index (χ0) is 13.5. The van der Waals surface area contributed by atoms with Crippen molar-refractivity contribution in [2.75, 3.05) is 12.3 Å². The first-order valence-electron chi connectivity index (χ1n) is 6.83. The minimum atomic E-state index is -3.50. The lowest BCUT2D eigenvalue weighted by Crippen LogP contribution is -2.46. The fourth-order valence-electron chi connectivity index (χ4n) is 3.45. The van der Waals surface area contributed by atoms with E-state index in [0.29, 0.717) is 12.5 Å². The molecule has 2 unspecified atom stereocenters. The van der Waals surface area contributed by atoms with E-state index < -0.39 is 10.0 Å². The molecule has 2 N–H and O–H groups in total. The molecule has 19 heavy (non-hydrogen) atoms. The number of nitrogen functional groups attached to an aromatic ring is 1. The number of aromatic nitrogens is 1. The van der Waals surface area contributed by atoms with E-state index in [1.165, 1.54) is 6.20 Å². The number of sulfonamides is 1. The first kappa shape index (κ1) is 12.9. The van der Waals surface area contributed by atoms with Gasteiger partial charge in [-0.15, -0.1) is 0 Å². The van der Waals surface area contributed by atoms with Crippen molar-refractivity contribution < 1.29 is 8.42 Å². The Balaban J connectivity index is 1.98. The largest absolute Gasteiger partial charge is 0.383 e. The van der Waals surface area contributed by atoms with Gasteiger partial charge in [0.1, 0.15) is 10.7 Å². The van der Waals surface area contributed by atoms with Crippen LogP contribution in [0.1, 0.15) is 32.1 Å². The summed E-state index contributed by atoms with van der Waals surface area (Å²) in [7, 11) is -3.50. The Morgan fingerprint density at radius 3 is 2.84 bits per heavy atom. The van der Waals surface area contributed by atoms with Crippen LogP contribution in [0.15, 0.2) is 23.2 Å². The first-order valence-corrected chi connectivity index (χ1v) is 8.27. The third kappa shape index (κ3) is 2.12. The van der Waals surface area contributed by atoms with Crippen LogP contribution in [0.5, 0.6) is 0 Å². The molecule has 0 amide bonds. The van der Waals surface area contributed by atoms with E-state index in [-0.39, 0.29) is 16.8 Å². The van der Waals surface area contributed by atoms with Crippen molar-refractivity contribution in [2.45, 2.75) is 43.0 Å². The summed E-state index contributed by atoms with van der Waals surface area (Å²) in [6, 6.07) is 3.34. The highest BCUT2D eigenvalue weighted by atomic mass is 32.2. The summed E-state index contributed by atoms with van der Waals surface area (Å²) in [5.41, 5.74) is 5.73. The van der Waals surface area contributed by atoms with Crippen molar-refractivity contribution >= 4 is 15.8 Å². The topological polar surface area (TPSA) is 76.3 Å². The molecule has 2 atom stereocenters. The maximum atomic E-state index is 12.8. The van der Waals surface area contributed by atoms with Crippen LogP contribution in [0, 0.1) is 5.92 Å². The number of rotatable bonds is 2. The van der Waals surface area contributed by atoms with E-state index >= 15 is 0 Å². The van der Waals surface area contributed by atoms with Crippen molar-refractivity contribution in [3.05, 3.63) is 18.3 Å². The molecule has 2 fully saturated rings. The van der Waals surface area contributed by atoms with Gasteiger partial charge in [0, 0.05) is 18.8 Å². The molecule has 1 aromatic rings. The molecule has 0 radical (unpaired) electrons. The summed E-state index contributed by atoms with van der Waals surface area (Å²) in [6.07, 6.45) is 6.87. The van der Waals surface area contributed by atoms with Crippen LogP contribution >= 0.6 is 0 Å². The first-order chi connectivity index (χ1) is 9.10. The van der Waals surface area contributed by atoms with Crippen molar-refractivity contribution in [1.29, 1.82) is 0 Å². The average Bonchev–Trinajstić information content (AvgIpc) is 2.86. The third-order valence-electron chi connectivity index (χ3n) is 4.33. The second kappa shape index (κ2) is 4.76. The second-order valence-corrected chi connectivity index (χ2v) is 7.26. The predicted molar refractivity (Wildman–Crippen MR) is 72.9 cm³/mol. The van der Waals surface area contributed by atoms with Gasteiger partial charge in [0.25, 0.3) is 0 Å². The minimum Gasteiger partial charge on any atom is -0.383 e. The van der Waals surface area contributed by atoms with Gasteiger partial charge in [0.05, 0.1) is 0 Å². The molecule has 0 bridgehead atoms. The summed E-state index contributed by atoms with van der Waals surface area (Å²) in [6.45, 7) is 0.609. The molecule has 1 aromatic heterocycles. The van der Waals surface area contributed by atoms with Crippen LogP contribution in [0.3, 0.4) is 0 Å². The predicted octanol–water partition coefficient (Wildman–Crippen LogP) is 1.62. The number of hydrogen-bond acceptors (Lipinski definition) is 4. The summed E-state index contributed by atoms with van der Waals surface area (Å²) in [5.74, 6) is 0.629. The van der Waals surface area contributed by atoms with Gasteiger partial charge in [-0.2, -0.15) is 4.31 Å². The van der Waals surface area contributed by atoms with E-state index in [1.54, 1.807) is 16.4 Å². The number of nitrogens with two attached hydrogens (primary N) is 1. The van der Waals surface area contributed by atoms with Crippen LogP contribution in [0.4, 0.5) is 5.82 Å². The lowest BCUT2D eigenvalue weighted by molar-refractivity contribution is 0.202. The number of anilines is 1. The maximum Gasteiger partial charge on any atom is 0.246 e. The maximum absolute atomic E-state index is 12.8. The molecular weight excluding hydrogens is 262 g/mol. The van der Waals surface area contributed by atoms with Gasteiger partial charge in [-0.05, 0) is 43.7 Å². The standard InChI is InChI=1S/C13H19N3O2S/c14-13-12(7-2-8-15-13)19(17,18)16-9-3-5-10-4-1-6-11(10)16/h2,7-8,10-11H,1,3-6,9H2,(H2,14,15). The molecule has 1 saturated heterocycles. The van der Waals surface area contributed by atoms with Gasteiger partial charge in [-0.25, -0.2) is 13.4 Å². The van der Waals surface area contributed by atoms with Crippen molar-refractivity contribution in [3.63, 3.8) is 0 Å². The van der Waals surface area contributed by atoms with Crippen LogP contribution in [-0.4, -0.2) is 30.3 Å². The Bertz CT molecular complexity index is 573. The lowest BCUT2D eigenvalue weighted by Gasteiger charge is -2.36. The summed E-state index contributed by atoms with van der Waals surface area (Å²) in [5, 5.41) is 0. The smallest absolute Gasteiger partial charge is 0.246 e. The fourth-order valence-corrected chi connectivity index (χ4v) is 5.28. The van der Waals surface area contributed by atoms with Crippen molar-refractivity contribution in [1.82, 2.24) is 9.29 Å². The number of pyridine rings is 1. The van der Waals surface area contributed by atoms with Gasteiger partial charge in [-0.1, -0.05) is 6.42 Å². The molecule has 5 nitrogen and oxygen atoms in total. The van der Waals surface area contributed by atoms with Crippen LogP contribution < -0.4 is 5.73 Å². The molecule has 104 valence electrons. The summed E-state index contributed by atoms with van der Waals surface area (Å²) < 4.78 is 27.2. The summed E-state index contributed by atoms with van der Waals surface area (Å²) in [4.78, 5) is 4.05. The quantitative estimate of drug-likeness (QED) is 0.893. The number of hydrogen-bond donors (Lipinski definition) is 1. The molecule has 1 aliphatic carbocycles. The normalized spacial score (nSPS) is 28.2. The minimum absolute atomic E-state index is 0.0996. The highest BCUT2D eigenvalue weighted by molar-refractivity contribution is 7.89. The third-order valence-corrected chi connectivity index (χ3v) is 6.30. The van der Waals surface area contributed by atoms with Crippen LogP contribution in [-0.2, 0) is 10.0 Å². The summed E-state index contributed by atoms with van der Waals surface area (Å²) >= 11 is 0. The average molecular weight is 281 g/mol. The Kier molecular flexibility index (Phi) is 3.22. The SMILES string of the molecule is Nc1ncccc1S(=O)(=O)N1CCCC2CCCC21. The highest BCUT2D eigenvalue weighted by Crippen LogP contribution is 2.39. The molecular formula is C13H19N3O2S.